The summed E-state index contributed by atoms with van der Waals surface area (Å²) in [7, 11) is 0. The third kappa shape index (κ3) is 10.7. The molecule has 6 heterocycles. The topological polar surface area (TPSA) is 84.2 Å². The molecule has 17 aromatic carbocycles. The molecule has 0 aliphatic heterocycles. The molecule has 0 atom stereocenters. The van der Waals surface area contributed by atoms with Crippen LogP contribution in [0.5, 0.6) is 0 Å². The molecular weight excluding hydrogens is 1360 g/mol. The highest BCUT2D eigenvalue weighted by molar-refractivity contribution is 6.24. The fourth-order valence-electron chi connectivity index (χ4n) is 17.1. The van der Waals surface area contributed by atoms with Gasteiger partial charge in [-0.1, -0.05) is 291 Å². The highest BCUT2D eigenvalue weighted by Crippen LogP contribution is 2.44. The Morgan fingerprint density at radius 2 is 0.491 bits per heavy atom. The highest BCUT2D eigenvalue weighted by atomic mass is 15.2. The summed E-state index contributed by atoms with van der Waals surface area (Å²) in [4.78, 5) is 26.0. The van der Waals surface area contributed by atoms with Crippen LogP contribution in [0.4, 0.5) is 0 Å². The second-order valence-corrected chi connectivity index (χ2v) is 28.7. The Morgan fingerprint density at radius 1 is 0.170 bits per heavy atom. The number of fused-ring (bicyclic) bond motifs is 17. The first-order valence-corrected chi connectivity index (χ1v) is 38.0. The van der Waals surface area contributed by atoms with Crippen molar-refractivity contribution < 1.29 is 0 Å². The first-order valence-electron chi connectivity index (χ1n) is 38.0. The normalized spacial score (nSPS) is 11.8. The van der Waals surface area contributed by atoms with E-state index in [1.165, 1.54) is 104 Å². The van der Waals surface area contributed by atoms with Gasteiger partial charge in [-0.05, 0) is 158 Å². The molecule has 0 fully saturated rings. The molecular formula is C103H65N9. The third-order valence-electron chi connectivity index (χ3n) is 22.3. The molecule has 6 aromatic heterocycles. The van der Waals surface area contributed by atoms with E-state index in [0.29, 0.717) is 23.5 Å². The van der Waals surface area contributed by atoms with Crippen molar-refractivity contribution >= 4 is 120 Å². The summed E-state index contributed by atoms with van der Waals surface area (Å²) in [6.07, 6.45) is 0. The minimum absolute atomic E-state index is 0.584. The number of para-hydroxylation sites is 5. The zero-order valence-electron chi connectivity index (χ0n) is 60.6. The van der Waals surface area contributed by atoms with Crippen molar-refractivity contribution in [2.45, 2.75) is 0 Å². The van der Waals surface area contributed by atoms with Gasteiger partial charge in [0.15, 0.2) is 11.6 Å². The number of hydrogen-bond acceptors (Lipinski definition) is 5. The summed E-state index contributed by atoms with van der Waals surface area (Å²) in [6, 6.07) is 140. The van der Waals surface area contributed by atoms with Gasteiger partial charge in [-0.3, -0.25) is 9.13 Å². The smallest absolute Gasteiger partial charge is 0.238 e. The second kappa shape index (κ2) is 26.3. The van der Waals surface area contributed by atoms with E-state index in [-0.39, 0.29) is 0 Å². The van der Waals surface area contributed by atoms with E-state index in [1.54, 1.807) is 0 Å². The minimum atomic E-state index is 0.584. The molecule has 9 heteroatoms. The molecule has 0 aliphatic carbocycles. The summed E-state index contributed by atoms with van der Waals surface area (Å²) in [5, 5.41) is 15.4. The van der Waals surface area contributed by atoms with Crippen molar-refractivity contribution in [2.24, 2.45) is 0 Å². The highest BCUT2D eigenvalue weighted by Gasteiger charge is 2.24. The Morgan fingerprint density at radius 3 is 0.955 bits per heavy atom. The Kier molecular flexibility index (Phi) is 15.1. The number of hydrogen-bond donors (Lipinski definition) is 0. The van der Waals surface area contributed by atoms with Crippen LogP contribution in [-0.2, 0) is 0 Å². The largest absolute Gasteiger partial charge is 0.309 e. The van der Waals surface area contributed by atoms with Gasteiger partial charge >= 0.3 is 0 Å². The SMILES string of the molecule is c1ccc(-c2ccc(-c3nc(-n4c5ccc(-c6ccc7c(c6)c6ccccc6n7-c6ccccc6)cc5c5c6ccccc6ccc54)nc4ccccc34)cc2)cc1.c1ccc(-c2nc(-c3ccccc3)nc(-n3c4ccc(-c5ccc6c(c5)c5ccccc5n6-c5ccccc5)cc4c4c5ccccc5ccc43)n2)cc1. The number of rotatable bonds is 10. The van der Waals surface area contributed by atoms with Gasteiger partial charge < -0.3 is 9.13 Å². The predicted octanol–water partition coefficient (Wildman–Crippen LogP) is 26.2. The fourth-order valence-corrected chi connectivity index (χ4v) is 17.1. The van der Waals surface area contributed by atoms with Crippen LogP contribution in [0.3, 0.4) is 0 Å². The monoisotopic (exact) mass is 1430 g/mol. The van der Waals surface area contributed by atoms with Gasteiger partial charge in [-0.25, -0.2) is 15.0 Å². The molecule has 0 bridgehead atoms. The lowest BCUT2D eigenvalue weighted by molar-refractivity contribution is 0.953. The van der Waals surface area contributed by atoms with E-state index in [4.69, 9.17) is 24.9 Å². The summed E-state index contributed by atoms with van der Waals surface area (Å²) in [5.74, 6) is 2.50. The number of benzene rings is 17. The molecule has 0 radical (unpaired) electrons. The zero-order chi connectivity index (χ0) is 73.7. The Bertz CT molecular complexity index is 7600. The van der Waals surface area contributed by atoms with Crippen LogP contribution in [0.2, 0.25) is 0 Å². The van der Waals surface area contributed by atoms with Gasteiger partial charge in [0.05, 0.1) is 55.3 Å². The van der Waals surface area contributed by atoms with Gasteiger partial charge in [-0.2, -0.15) is 9.97 Å². The van der Waals surface area contributed by atoms with Crippen LogP contribution in [0.1, 0.15) is 0 Å². The van der Waals surface area contributed by atoms with Crippen molar-refractivity contribution in [2.75, 3.05) is 0 Å². The Labute approximate surface area is 643 Å². The summed E-state index contributed by atoms with van der Waals surface area (Å²) in [5.41, 5.74) is 23.1. The van der Waals surface area contributed by atoms with Gasteiger partial charge in [0.1, 0.15) is 0 Å². The molecule has 0 N–H and O–H groups in total. The molecule has 0 unspecified atom stereocenters. The lowest BCUT2D eigenvalue weighted by atomic mass is 9.99. The lowest BCUT2D eigenvalue weighted by Crippen LogP contribution is -2.06. The quantitative estimate of drug-likeness (QED) is 0.136. The van der Waals surface area contributed by atoms with Crippen LogP contribution in [0.15, 0.2) is 394 Å². The number of nitrogens with zero attached hydrogens (tertiary/aromatic N) is 9. The second-order valence-electron chi connectivity index (χ2n) is 28.7. The maximum Gasteiger partial charge on any atom is 0.238 e. The average molecular weight is 1430 g/mol. The molecule has 23 aromatic rings. The molecule has 0 spiro atoms. The molecule has 112 heavy (non-hydrogen) atoms. The maximum absolute atomic E-state index is 5.42. The van der Waals surface area contributed by atoms with Gasteiger partial charge in [0, 0.05) is 76.5 Å². The van der Waals surface area contributed by atoms with E-state index >= 15 is 0 Å². The first kappa shape index (κ1) is 64.0. The van der Waals surface area contributed by atoms with Crippen LogP contribution in [-0.4, -0.2) is 43.2 Å². The van der Waals surface area contributed by atoms with Crippen molar-refractivity contribution in [3.63, 3.8) is 0 Å². The van der Waals surface area contributed by atoms with Crippen molar-refractivity contribution in [1.29, 1.82) is 0 Å². The lowest BCUT2D eigenvalue weighted by Gasteiger charge is -2.12. The Hall–Kier alpha value is -15.2. The average Bonchev–Trinajstić information content (AvgIpc) is 1.62. The first-order chi connectivity index (χ1) is 55.5. The zero-order valence-corrected chi connectivity index (χ0v) is 60.6. The summed E-state index contributed by atoms with van der Waals surface area (Å²) in [6.45, 7) is 0. The number of aromatic nitrogens is 9. The molecule has 0 saturated heterocycles. The van der Waals surface area contributed by atoms with E-state index in [1.807, 2.05) is 60.7 Å². The van der Waals surface area contributed by atoms with E-state index in [0.717, 1.165) is 83.2 Å². The molecule has 0 amide bonds. The van der Waals surface area contributed by atoms with Crippen molar-refractivity contribution in [3.8, 4) is 90.7 Å². The van der Waals surface area contributed by atoms with E-state index in [9.17, 15) is 0 Å². The molecule has 0 saturated carbocycles. The van der Waals surface area contributed by atoms with Crippen LogP contribution < -0.4 is 0 Å². The van der Waals surface area contributed by atoms with Crippen molar-refractivity contribution in [1.82, 2.24) is 43.2 Å². The Balaban J connectivity index is 0.000000138. The molecule has 23 rings (SSSR count). The minimum Gasteiger partial charge on any atom is -0.309 e. The van der Waals surface area contributed by atoms with Gasteiger partial charge in [0.25, 0.3) is 0 Å². The molecule has 9 nitrogen and oxygen atoms in total. The predicted molar refractivity (Wildman–Crippen MR) is 464 cm³/mol. The summed E-state index contributed by atoms with van der Waals surface area (Å²) >= 11 is 0. The van der Waals surface area contributed by atoms with Gasteiger partial charge in [-0.15, -0.1) is 0 Å². The standard InChI is InChI=1S/C54H34N4.C49H31N5/c1-3-13-35(14-4-1)36-23-25-38(26-24-36)53-44-20-9-11-21-47(44)55-54(56-53)58-50-31-29-40(34-46(50)52-42-18-8-7-15-37(42)27-32-51(52)58)39-28-30-49-45(33-39)43-19-10-12-22-48(43)57(49)41-16-5-2-6-17-41;1-4-15-33(16-5-1)47-50-48(34-17-6-2-7-18-34)52-49(51-47)54-44-28-26-36(31-41(44)46-38-21-11-10-14-32(38)24-29-45(46)54)35-25-27-43-40(30-35)39-22-12-13-23-42(39)53(43)37-19-8-3-9-20-37/h1-34H;1-31H. The molecule has 0 aliphatic rings. The van der Waals surface area contributed by atoms with Crippen molar-refractivity contribution in [3.05, 3.63) is 394 Å². The third-order valence-corrected chi connectivity index (χ3v) is 22.3. The van der Waals surface area contributed by atoms with Crippen LogP contribution in [0.25, 0.3) is 210 Å². The van der Waals surface area contributed by atoms with Gasteiger partial charge in [0.2, 0.25) is 11.9 Å². The fraction of sp³-hybridized carbons (Fsp3) is 0. The molecule has 522 valence electrons. The maximum atomic E-state index is 5.42. The van der Waals surface area contributed by atoms with Crippen LogP contribution in [0, 0.1) is 0 Å². The van der Waals surface area contributed by atoms with Crippen LogP contribution >= 0.6 is 0 Å². The summed E-state index contributed by atoms with van der Waals surface area (Å²) < 4.78 is 9.19. The van der Waals surface area contributed by atoms with E-state index < -0.39 is 0 Å². The van der Waals surface area contributed by atoms with E-state index in [2.05, 4.69) is 352 Å².